The van der Waals surface area contributed by atoms with Crippen LogP contribution in [0, 0.1) is 13.8 Å². The van der Waals surface area contributed by atoms with Crippen LogP contribution in [0.2, 0.25) is 0 Å². The van der Waals surface area contributed by atoms with E-state index in [1.54, 1.807) is 0 Å². The van der Waals surface area contributed by atoms with E-state index in [-0.39, 0.29) is 0 Å². The Balaban J connectivity index is 1.81. The number of rotatable bonds is 2. The Morgan fingerprint density at radius 1 is 0.441 bits per heavy atom. The molecule has 0 spiro atoms. The zero-order valence-electron chi connectivity index (χ0n) is 19.4. The molecule has 0 amide bonds. The first-order valence-electron chi connectivity index (χ1n) is 12.0. The molecule has 0 unspecified atom stereocenters. The van der Waals surface area contributed by atoms with Crippen molar-refractivity contribution in [1.29, 1.82) is 0 Å². The zero-order valence-corrected chi connectivity index (χ0v) is 19.4. The maximum absolute atomic E-state index is 2.39. The van der Waals surface area contributed by atoms with Gasteiger partial charge in [0.05, 0.1) is 0 Å². The van der Waals surface area contributed by atoms with Crippen molar-refractivity contribution < 1.29 is 0 Å². The van der Waals surface area contributed by atoms with Crippen LogP contribution in [0.25, 0.3) is 66.1 Å². The van der Waals surface area contributed by atoms with Crippen LogP contribution in [0.5, 0.6) is 0 Å². The number of benzene rings is 6. The maximum Gasteiger partial charge on any atom is -0.000732 e. The largest absolute Gasteiger partial charge is 0.0622 e. The third-order valence-electron chi connectivity index (χ3n) is 7.32. The van der Waals surface area contributed by atoms with Crippen LogP contribution in [0.4, 0.5) is 0 Å². The first kappa shape index (κ1) is 19.3. The van der Waals surface area contributed by atoms with Crippen molar-refractivity contribution in [3.63, 3.8) is 0 Å². The predicted molar refractivity (Wildman–Crippen MR) is 146 cm³/mol. The van der Waals surface area contributed by atoms with Gasteiger partial charge < -0.3 is 0 Å². The van der Waals surface area contributed by atoms with Gasteiger partial charge in [-0.25, -0.2) is 0 Å². The van der Waals surface area contributed by atoms with Crippen LogP contribution in [-0.4, -0.2) is 0 Å². The molecule has 6 aromatic rings. The molecule has 0 atom stereocenters. The Hall–Kier alpha value is -4.16. The van der Waals surface area contributed by atoms with Gasteiger partial charge in [-0.05, 0) is 85.5 Å². The fourth-order valence-electron chi connectivity index (χ4n) is 6.10. The molecule has 1 aliphatic carbocycles. The molecule has 7 rings (SSSR count). The van der Waals surface area contributed by atoms with Crippen LogP contribution < -0.4 is 0 Å². The second-order valence-corrected chi connectivity index (χ2v) is 9.45. The molecule has 6 aromatic carbocycles. The fourth-order valence-corrected chi connectivity index (χ4v) is 6.10. The minimum absolute atomic E-state index is 1.28. The average Bonchev–Trinajstić information content (AvgIpc) is 3.20. The highest BCUT2D eigenvalue weighted by atomic mass is 14.3. The van der Waals surface area contributed by atoms with Gasteiger partial charge in [-0.3, -0.25) is 0 Å². The van der Waals surface area contributed by atoms with E-state index in [0.29, 0.717) is 0 Å². The molecule has 0 radical (unpaired) electrons. The molecule has 0 heterocycles. The summed E-state index contributed by atoms with van der Waals surface area (Å²) in [6.45, 7) is 4.48. The lowest BCUT2D eigenvalue weighted by Gasteiger charge is -2.22. The number of hydrogen-bond donors (Lipinski definition) is 0. The lowest BCUT2D eigenvalue weighted by molar-refractivity contribution is 1.43. The zero-order chi connectivity index (χ0) is 22.8. The summed E-state index contributed by atoms with van der Waals surface area (Å²) in [4.78, 5) is 0. The Bertz CT molecular complexity index is 1730. The van der Waals surface area contributed by atoms with Crippen LogP contribution in [0.1, 0.15) is 11.1 Å². The average molecular weight is 433 g/mol. The molecular weight excluding hydrogens is 408 g/mol. The molecule has 1 aliphatic rings. The topological polar surface area (TPSA) is 0 Å². The lowest BCUT2D eigenvalue weighted by atomic mass is 9.81. The van der Waals surface area contributed by atoms with Gasteiger partial charge in [0.25, 0.3) is 0 Å². The van der Waals surface area contributed by atoms with Gasteiger partial charge in [0.1, 0.15) is 0 Å². The van der Waals surface area contributed by atoms with Crippen LogP contribution in [0.3, 0.4) is 0 Å². The van der Waals surface area contributed by atoms with Gasteiger partial charge in [-0.2, -0.15) is 0 Å². The monoisotopic (exact) mass is 432 g/mol. The van der Waals surface area contributed by atoms with E-state index in [4.69, 9.17) is 0 Å². The summed E-state index contributed by atoms with van der Waals surface area (Å²) < 4.78 is 0. The van der Waals surface area contributed by atoms with Crippen molar-refractivity contribution >= 4 is 21.5 Å². The van der Waals surface area contributed by atoms with Crippen molar-refractivity contribution in [2.24, 2.45) is 0 Å². The summed E-state index contributed by atoms with van der Waals surface area (Å²) in [6, 6.07) is 40.1. The van der Waals surface area contributed by atoms with Crippen molar-refractivity contribution in [2.75, 3.05) is 0 Å². The minimum atomic E-state index is 1.28. The number of hydrogen-bond acceptors (Lipinski definition) is 0. The molecule has 0 heteroatoms. The van der Waals surface area contributed by atoms with Crippen LogP contribution in [-0.2, 0) is 0 Å². The van der Waals surface area contributed by atoms with Gasteiger partial charge in [-0.1, -0.05) is 115 Å². The second-order valence-electron chi connectivity index (χ2n) is 9.45. The normalized spacial score (nSPS) is 11.8. The predicted octanol–water partition coefficient (Wildman–Crippen LogP) is 9.59. The first-order valence-corrected chi connectivity index (χ1v) is 12.0. The van der Waals surface area contributed by atoms with Gasteiger partial charge in [-0.15, -0.1) is 0 Å². The van der Waals surface area contributed by atoms with Gasteiger partial charge in [0, 0.05) is 0 Å². The van der Waals surface area contributed by atoms with Crippen molar-refractivity contribution in [2.45, 2.75) is 13.8 Å². The Morgan fingerprint density at radius 3 is 1.62 bits per heavy atom. The smallest absolute Gasteiger partial charge is 0.000732 e. The van der Waals surface area contributed by atoms with Crippen LogP contribution >= 0.6 is 0 Å². The third-order valence-corrected chi connectivity index (χ3v) is 7.32. The van der Waals surface area contributed by atoms with Gasteiger partial charge >= 0.3 is 0 Å². The summed E-state index contributed by atoms with van der Waals surface area (Å²) >= 11 is 0. The molecule has 0 fully saturated rings. The van der Waals surface area contributed by atoms with E-state index in [1.165, 1.54) is 77.2 Å². The molecule has 0 aliphatic heterocycles. The molecule has 160 valence electrons. The Labute approximate surface area is 200 Å². The molecular formula is C34H24. The molecule has 34 heavy (non-hydrogen) atoms. The fraction of sp³-hybridized carbons (Fsp3) is 0.0588. The van der Waals surface area contributed by atoms with Gasteiger partial charge in [0.15, 0.2) is 0 Å². The van der Waals surface area contributed by atoms with E-state index in [2.05, 4.69) is 123 Å². The van der Waals surface area contributed by atoms with Crippen molar-refractivity contribution in [3.05, 3.63) is 120 Å². The van der Waals surface area contributed by atoms with Crippen molar-refractivity contribution in [3.8, 4) is 44.5 Å². The molecule has 0 bridgehead atoms. The standard InChI is InChI=1S/C34H24/c1-21-19-22(2)29-28(20-21)31(24-11-5-3-6-12-24)33-26-17-9-15-23-16-10-18-27(30(23)26)34(33)32(29)25-13-7-4-8-14-25/h3-20H,1-2H3. The molecule has 0 saturated heterocycles. The summed E-state index contributed by atoms with van der Waals surface area (Å²) in [5, 5.41) is 5.38. The number of fused-ring (bicyclic) bond motifs is 4. The second kappa shape index (κ2) is 7.17. The van der Waals surface area contributed by atoms with E-state index in [9.17, 15) is 0 Å². The highest BCUT2D eigenvalue weighted by molar-refractivity contribution is 6.27. The summed E-state index contributed by atoms with van der Waals surface area (Å²) in [7, 11) is 0. The lowest BCUT2D eigenvalue weighted by Crippen LogP contribution is -1.96. The van der Waals surface area contributed by atoms with E-state index in [0.717, 1.165) is 0 Å². The highest BCUT2D eigenvalue weighted by Gasteiger charge is 2.30. The molecule has 0 saturated carbocycles. The van der Waals surface area contributed by atoms with Crippen LogP contribution in [0.15, 0.2) is 109 Å². The Morgan fingerprint density at radius 2 is 1.00 bits per heavy atom. The van der Waals surface area contributed by atoms with E-state index >= 15 is 0 Å². The quantitative estimate of drug-likeness (QED) is 0.255. The molecule has 0 aromatic heterocycles. The van der Waals surface area contributed by atoms with E-state index < -0.39 is 0 Å². The maximum atomic E-state index is 2.39. The summed E-state index contributed by atoms with van der Waals surface area (Å²) in [5.74, 6) is 0. The van der Waals surface area contributed by atoms with Crippen molar-refractivity contribution in [1.82, 2.24) is 0 Å². The number of aryl methyl sites for hydroxylation is 2. The third kappa shape index (κ3) is 2.60. The summed E-state index contributed by atoms with van der Waals surface area (Å²) in [6.07, 6.45) is 0. The molecule has 0 nitrogen and oxygen atoms in total. The van der Waals surface area contributed by atoms with Gasteiger partial charge in [0.2, 0.25) is 0 Å². The first-order chi connectivity index (χ1) is 16.7. The minimum Gasteiger partial charge on any atom is -0.0622 e. The highest BCUT2D eigenvalue weighted by Crippen LogP contribution is 2.57. The van der Waals surface area contributed by atoms with E-state index in [1.807, 2.05) is 0 Å². The summed E-state index contributed by atoms with van der Waals surface area (Å²) in [5.41, 5.74) is 13.3. The SMILES string of the molecule is Cc1cc(C)c2c(-c3ccccc3)c3c(c(-c4ccccc4)c2c1)-c1cccc2cccc-3c12. The molecule has 0 N–H and O–H groups in total. The Kier molecular flexibility index (Phi) is 4.07.